The van der Waals surface area contributed by atoms with Crippen molar-refractivity contribution in [1.29, 1.82) is 0 Å². The minimum absolute atomic E-state index is 0. The normalized spacial score (nSPS) is 16.2. The van der Waals surface area contributed by atoms with E-state index < -0.39 is 0 Å². The Kier molecular flexibility index (Phi) is 10.2. The highest BCUT2D eigenvalue weighted by Gasteiger charge is 2.18. The molecule has 2 aromatic rings. The molecule has 1 fully saturated rings. The van der Waals surface area contributed by atoms with Gasteiger partial charge in [0.1, 0.15) is 11.9 Å². The summed E-state index contributed by atoms with van der Waals surface area (Å²) >= 11 is 0. The number of aromatic nitrogens is 1. The molecule has 1 saturated heterocycles. The molecule has 0 saturated carbocycles. The van der Waals surface area contributed by atoms with Crippen molar-refractivity contribution in [3.8, 4) is 5.75 Å². The summed E-state index contributed by atoms with van der Waals surface area (Å²) in [7, 11) is 0. The number of halogens is 1. The van der Waals surface area contributed by atoms with Crippen LogP contribution in [-0.4, -0.2) is 43.4 Å². The highest BCUT2D eigenvalue weighted by molar-refractivity contribution is 14.0. The van der Waals surface area contributed by atoms with Crippen molar-refractivity contribution in [1.82, 2.24) is 15.6 Å². The number of hydrogen-bond acceptors (Lipinski definition) is 4. The maximum atomic E-state index is 6.18. The Morgan fingerprint density at radius 2 is 2.17 bits per heavy atom. The fourth-order valence-corrected chi connectivity index (χ4v) is 3.05. The average molecular weight is 510 g/mol. The van der Waals surface area contributed by atoms with E-state index in [4.69, 9.17) is 14.5 Å². The van der Waals surface area contributed by atoms with E-state index in [0.29, 0.717) is 13.2 Å². The molecule has 0 amide bonds. The third-order valence-electron chi connectivity index (χ3n) is 4.56. The van der Waals surface area contributed by atoms with Crippen LogP contribution >= 0.6 is 24.0 Å². The van der Waals surface area contributed by atoms with Crippen LogP contribution in [0, 0.1) is 6.92 Å². The lowest BCUT2D eigenvalue weighted by atomic mass is 10.1. The van der Waals surface area contributed by atoms with Gasteiger partial charge in [-0.2, -0.15) is 0 Å². The zero-order valence-corrected chi connectivity index (χ0v) is 19.5. The maximum Gasteiger partial charge on any atom is 0.191 e. The van der Waals surface area contributed by atoms with Crippen LogP contribution in [0.5, 0.6) is 5.75 Å². The first-order valence-electron chi connectivity index (χ1n) is 10.0. The number of ether oxygens (including phenoxy) is 2. The van der Waals surface area contributed by atoms with E-state index in [9.17, 15) is 0 Å². The van der Waals surface area contributed by atoms with Crippen LogP contribution in [0.15, 0.2) is 47.6 Å². The summed E-state index contributed by atoms with van der Waals surface area (Å²) < 4.78 is 11.6. The molecule has 6 nitrogen and oxygen atoms in total. The SMILES string of the molecule is CCNC(=NCc1ccc(C)cc1OC1CCOC1)NCCc1ccccn1.I. The summed E-state index contributed by atoms with van der Waals surface area (Å²) in [5.41, 5.74) is 3.33. The van der Waals surface area contributed by atoms with Crippen molar-refractivity contribution >= 4 is 29.9 Å². The molecule has 29 heavy (non-hydrogen) atoms. The first-order chi connectivity index (χ1) is 13.7. The lowest BCUT2D eigenvalue weighted by Crippen LogP contribution is -2.38. The second-order valence-electron chi connectivity index (χ2n) is 6.91. The van der Waals surface area contributed by atoms with Gasteiger partial charge in [-0.25, -0.2) is 4.99 Å². The standard InChI is InChI=1S/C22H30N4O2.HI/c1-3-23-22(25-12-9-19-6-4-5-11-24-19)26-15-18-8-7-17(2)14-21(18)28-20-10-13-27-16-20;/h4-8,11,14,20H,3,9-10,12-13,15-16H2,1-2H3,(H2,23,25,26);1H. The van der Waals surface area contributed by atoms with Crippen molar-refractivity contribution in [2.24, 2.45) is 4.99 Å². The molecule has 1 aromatic carbocycles. The second-order valence-corrected chi connectivity index (χ2v) is 6.91. The molecule has 158 valence electrons. The topological polar surface area (TPSA) is 67.8 Å². The highest BCUT2D eigenvalue weighted by atomic mass is 127. The number of aryl methyl sites for hydroxylation is 1. The number of hydrogen-bond donors (Lipinski definition) is 2. The fourth-order valence-electron chi connectivity index (χ4n) is 3.05. The first-order valence-corrected chi connectivity index (χ1v) is 10.0. The molecule has 7 heteroatoms. The van der Waals surface area contributed by atoms with E-state index in [0.717, 1.165) is 55.5 Å². The molecule has 0 radical (unpaired) electrons. The van der Waals surface area contributed by atoms with E-state index >= 15 is 0 Å². The molecule has 0 spiro atoms. The minimum atomic E-state index is 0. The largest absolute Gasteiger partial charge is 0.488 e. The van der Waals surface area contributed by atoms with Crippen LogP contribution in [0.3, 0.4) is 0 Å². The van der Waals surface area contributed by atoms with Crippen molar-refractivity contribution in [2.45, 2.75) is 39.3 Å². The highest BCUT2D eigenvalue weighted by Crippen LogP contribution is 2.24. The summed E-state index contributed by atoms with van der Waals surface area (Å²) in [6, 6.07) is 12.3. The summed E-state index contributed by atoms with van der Waals surface area (Å²) in [4.78, 5) is 9.10. The Hall–Kier alpha value is -1.87. The first kappa shape index (κ1) is 23.4. The molecule has 2 heterocycles. The van der Waals surface area contributed by atoms with Gasteiger partial charge < -0.3 is 20.1 Å². The zero-order valence-electron chi connectivity index (χ0n) is 17.2. The molecule has 0 bridgehead atoms. The summed E-state index contributed by atoms with van der Waals surface area (Å²) in [5.74, 6) is 1.71. The quantitative estimate of drug-likeness (QED) is 0.324. The van der Waals surface area contributed by atoms with Crippen molar-refractivity contribution in [3.05, 3.63) is 59.4 Å². The van der Waals surface area contributed by atoms with E-state index in [1.165, 1.54) is 5.56 Å². The van der Waals surface area contributed by atoms with E-state index in [2.05, 4.69) is 47.7 Å². The van der Waals surface area contributed by atoms with Gasteiger partial charge >= 0.3 is 0 Å². The number of nitrogens with zero attached hydrogens (tertiary/aromatic N) is 2. The number of pyridine rings is 1. The zero-order chi connectivity index (χ0) is 19.6. The Morgan fingerprint density at radius 1 is 1.28 bits per heavy atom. The number of benzene rings is 1. The number of nitrogens with one attached hydrogen (secondary N) is 2. The van der Waals surface area contributed by atoms with Gasteiger partial charge in [-0.05, 0) is 37.6 Å². The average Bonchev–Trinajstić information content (AvgIpc) is 3.21. The van der Waals surface area contributed by atoms with Crippen LogP contribution < -0.4 is 15.4 Å². The fraction of sp³-hybridized carbons (Fsp3) is 0.455. The number of guanidine groups is 1. The second kappa shape index (κ2) is 12.6. The Bertz CT molecular complexity index is 765. The van der Waals surface area contributed by atoms with Crippen molar-refractivity contribution < 1.29 is 9.47 Å². The molecular formula is C22H31IN4O2. The summed E-state index contributed by atoms with van der Waals surface area (Å²) in [5, 5.41) is 6.68. The van der Waals surface area contributed by atoms with Crippen LogP contribution in [0.2, 0.25) is 0 Å². The summed E-state index contributed by atoms with van der Waals surface area (Å²) in [6.45, 7) is 7.72. The lowest BCUT2D eigenvalue weighted by molar-refractivity contribution is 0.140. The Balaban J connectivity index is 0.00000300. The molecule has 1 atom stereocenters. The van der Waals surface area contributed by atoms with Gasteiger partial charge in [0, 0.05) is 43.4 Å². The third-order valence-corrected chi connectivity index (χ3v) is 4.56. The van der Waals surface area contributed by atoms with E-state index in [1.807, 2.05) is 24.4 Å². The van der Waals surface area contributed by atoms with Gasteiger partial charge in [0.05, 0.1) is 19.8 Å². The Morgan fingerprint density at radius 3 is 2.90 bits per heavy atom. The van der Waals surface area contributed by atoms with Gasteiger partial charge in [-0.15, -0.1) is 24.0 Å². The lowest BCUT2D eigenvalue weighted by Gasteiger charge is -2.16. The maximum absolute atomic E-state index is 6.18. The van der Waals surface area contributed by atoms with Crippen LogP contribution in [0.4, 0.5) is 0 Å². The molecular weight excluding hydrogens is 479 g/mol. The molecule has 1 unspecified atom stereocenters. The Labute approximate surface area is 190 Å². The van der Waals surface area contributed by atoms with Gasteiger partial charge in [0.25, 0.3) is 0 Å². The molecule has 3 rings (SSSR count). The van der Waals surface area contributed by atoms with Crippen molar-refractivity contribution in [3.63, 3.8) is 0 Å². The predicted octanol–water partition coefficient (Wildman–Crippen LogP) is 3.47. The van der Waals surface area contributed by atoms with Crippen LogP contribution in [-0.2, 0) is 17.7 Å². The van der Waals surface area contributed by atoms with E-state index in [1.54, 1.807) is 0 Å². The van der Waals surface area contributed by atoms with Gasteiger partial charge in [0.2, 0.25) is 0 Å². The molecule has 1 aromatic heterocycles. The molecule has 2 N–H and O–H groups in total. The van der Waals surface area contributed by atoms with Gasteiger partial charge in [-0.1, -0.05) is 18.2 Å². The van der Waals surface area contributed by atoms with E-state index in [-0.39, 0.29) is 30.1 Å². The molecule has 0 aliphatic carbocycles. The number of rotatable bonds is 8. The molecule has 1 aliphatic heterocycles. The third kappa shape index (κ3) is 7.81. The number of aliphatic imine (C=N–C) groups is 1. The van der Waals surface area contributed by atoms with Crippen LogP contribution in [0.1, 0.15) is 30.2 Å². The molecule has 1 aliphatic rings. The van der Waals surface area contributed by atoms with Gasteiger partial charge in [0.15, 0.2) is 5.96 Å². The van der Waals surface area contributed by atoms with Gasteiger partial charge in [-0.3, -0.25) is 4.98 Å². The smallest absolute Gasteiger partial charge is 0.191 e. The minimum Gasteiger partial charge on any atom is -0.488 e. The predicted molar refractivity (Wildman–Crippen MR) is 127 cm³/mol. The monoisotopic (exact) mass is 510 g/mol. The van der Waals surface area contributed by atoms with Crippen LogP contribution in [0.25, 0.3) is 0 Å². The summed E-state index contributed by atoms with van der Waals surface area (Å²) in [6.07, 6.45) is 3.75. The van der Waals surface area contributed by atoms with Crippen molar-refractivity contribution in [2.75, 3.05) is 26.3 Å².